The molecule has 0 aliphatic rings. The second kappa shape index (κ2) is 21.4. The summed E-state index contributed by atoms with van der Waals surface area (Å²) < 4.78 is 0. The van der Waals surface area contributed by atoms with Crippen molar-refractivity contribution in [2.45, 2.75) is 77.4 Å². The predicted molar refractivity (Wildman–Crippen MR) is 158 cm³/mol. The fraction of sp³-hybridized carbons (Fsp3) is 0.469. The molecule has 0 saturated carbocycles. The molecule has 3 amide bonds. The van der Waals surface area contributed by atoms with Crippen LogP contribution >= 0.6 is 0 Å². The number of carbonyl (C=O) groups excluding carboxylic acids is 3. The van der Waals surface area contributed by atoms with Gasteiger partial charge >= 0.3 is 5.97 Å². The molecule has 0 aliphatic carbocycles. The first kappa shape index (κ1) is 34.9. The van der Waals surface area contributed by atoms with Gasteiger partial charge in [-0.05, 0) is 43.2 Å². The number of hydrogen-bond donors (Lipinski definition) is 2. The van der Waals surface area contributed by atoms with Crippen molar-refractivity contribution in [3.63, 3.8) is 0 Å². The predicted octanol–water partition coefficient (Wildman–Crippen LogP) is 4.53. The van der Waals surface area contributed by atoms with E-state index < -0.39 is 5.97 Å². The average molecular weight is 595 g/mol. The summed E-state index contributed by atoms with van der Waals surface area (Å²) in [6.45, 7) is 1.51. The lowest BCUT2D eigenvalue weighted by Gasteiger charge is -2.22. The van der Waals surface area contributed by atoms with Gasteiger partial charge in [0.25, 0.3) is 0 Å². The number of carbonyl (C=O) groups is 4. The van der Waals surface area contributed by atoms with Gasteiger partial charge in [-0.25, -0.2) is 10.1 Å². The minimum absolute atomic E-state index is 0.00500. The maximum atomic E-state index is 12.8. The van der Waals surface area contributed by atoms with Crippen LogP contribution in [0.4, 0.5) is 0 Å². The Morgan fingerprint density at radius 3 is 1.72 bits per heavy atom. The van der Waals surface area contributed by atoms with Crippen LogP contribution in [0.5, 0.6) is 0 Å². The number of unbranched alkanes of at least 4 members (excludes halogenated alkanes) is 4. The Balaban J connectivity index is 1.69. The Kier molecular flexibility index (Phi) is 17.4. The minimum Gasteiger partial charge on any atom is -0.481 e. The number of rotatable bonds is 22. The van der Waals surface area contributed by atoms with E-state index in [0.29, 0.717) is 58.2 Å². The summed E-state index contributed by atoms with van der Waals surface area (Å²) in [4.78, 5) is 59.9. The van der Waals surface area contributed by atoms with Crippen molar-refractivity contribution in [2.24, 2.45) is 0 Å². The Hall–Kier alpha value is -4.27. The normalized spacial score (nSPS) is 10.5. The molecule has 2 N–H and O–H groups in total. The summed E-state index contributed by atoms with van der Waals surface area (Å²) in [6.07, 6.45) is 3.30. The van der Waals surface area contributed by atoms with Crippen LogP contribution in [-0.2, 0) is 42.1 Å². The van der Waals surface area contributed by atoms with Gasteiger partial charge in [-0.3, -0.25) is 28.9 Å². The molecule has 0 fully saturated rings. The highest BCUT2D eigenvalue weighted by Crippen LogP contribution is 2.10. The number of carboxylic acids is 1. The number of nitriles is 1. The molecule has 11 heteroatoms. The number of nitrogens with zero attached hydrogens (tertiary/aromatic N) is 3. The molecule has 0 aromatic heterocycles. The average Bonchev–Trinajstić information content (AvgIpc) is 3.02. The number of benzene rings is 2. The first-order valence-corrected chi connectivity index (χ1v) is 14.7. The highest BCUT2D eigenvalue weighted by molar-refractivity contribution is 5.83. The highest BCUT2D eigenvalue weighted by Gasteiger charge is 2.17. The molecule has 2 aromatic carbocycles. The maximum absolute atomic E-state index is 12.8. The molecule has 0 aliphatic heterocycles. The number of aliphatic carboxylic acids is 1. The summed E-state index contributed by atoms with van der Waals surface area (Å²) in [5.41, 5.74) is 1.81. The zero-order chi connectivity index (χ0) is 31.1. The van der Waals surface area contributed by atoms with E-state index in [1.54, 1.807) is 0 Å². The fourth-order valence-electron chi connectivity index (χ4n) is 3.99. The lowest BCUT2D eigenvalue weighted by molar-refractivity contribution is -0.192. The molecule has 0 radical (unpaired) electrons. The molecule has 232 valence electrons. The Morgan fingerprint density at radius 1 is 0.698 bits per heavy atom. The van der Waals surface area contributed by atoms with Crippen molar-refractivity contribution in [1.82, 2.24) is 15.4 Å². The summed E-state index contributed by atoms with van der Waals surface area (Å²) in [7, 11) is 0. The van der Waals surface area contributed by atoms with Crippen LogP contribution in [0.15, 0.2) is 60.7 Å². The molecule has 11 nitrogen and oxygen atoms in total. The van der Waals surface area contributed by atoms with Gasteiger partial charge in [-0.15, -0.1) is 0 Å². The molecule has 0 unspecified atom stereocenters. The quantitative estimate of drug-likeness (QED) is 0.149. The molecular weight excluding hydrogens is 552 g/mol. The third-order valence-electron chi connectivity index (χ3n) is 6.39. The summed E-state index contributed by atoms with van der Waals surface area (Å²) in [5.74, 6) is -1.95. The summed E-state index contributed by atoms with van der Waals surface area (Å²) in [6, 6.07) is 20.9. The smallest absolute Gasteiger partial charge is 0.303 e. The van der Waals surface area contributed by atoms with Crippen molar-refractivity contribution in [3.8, 4) is 6.07 Å². The van der Waals surface area contributed by atoms with E-state index in [1.165, 1.54) is 10.1 Å². The van der Waals surface area contributed by atoms with Crippen molar-refractivity contribution < 1.29 is 34.0 Å². The first-order chi connectivity index (χ1) is 20.9. The molecule has 0 heterocycles. The second-order valence-electron chi connectivity index (χ2n) is 9.93. The van der Waals surface area contributed by atoms with Gasteiger partial charge in [0.15, 0.2) is 0 Å². The summed E-state index contributed by atoms with van der Waals surface area (Å²) in [5, 5.41) is 23.0. The van der Waals surface area contributed by atoms with Crippen LogP contribution in [0.2, 0.25) is 0 Å². The number of hydroxylamine groups is 4. The molecule has 2 aromatic rings. The van der Waals surface area contributed by atoms with E-state index in [-0.39, 0.29) is 56.6 Å². The molecule has 0 spiro atoms. The standard InChI is InChI=1S/C32H42N4O7/c33-21-9-3-11-23-35(42-25-27-13-5-1-6-14-27)30(38)18-17-29(37)34-22-10-4-12-24-36(31(39)19-20-32(40)41)43-26-28-15-7-2-8-16-28/h1-2,5-8,13-16H,3-4,9-12,17-20,22-26H2,(H,34,37)(H,40,41). The van der Waals surface area contributed by atoms with E-state index in [2.05, 4.69) is 11.4 Å². The fourth-order valence-corrected chi connectivity index (χ4v) is 3.99. The second-order valence-corrected chi connectivity index (χ2v) is 9.93. The zero-order valence-electron chi connectivity index (χ0n) is 24.6. The van der Waals surface area contributed by atoms with Crippen molar-refractivity contribution in [3.05, 3.63) is 71.8 Å². The van der Waals surface area contributed by atoms with E-state index in [4.69, 9.17) is 20.0 Å². The number of amides is 3. The van der Waals surface area contributed by atoms with Gasteiger partial charge in [-0.1, -0.05) is 60.7 Å². The van der Waals surface area contributed by atoms with Gasteiger partial charge in [0.2, 0.25) is 17.7 Å². The first-order valence-electron chi connectivity index (χ1n) is 14.7. The van der Waals surface area contributed by atoms with E-state index in [1.807, 2.05) is 60.7 Å². The van der Waals surface area contributed by atoms with Gasteiger partial charge < -0.3 is 10.4 Å². The minimum atomic E-state index is -1.04. The number of carboxylic acid groups (broad SMARTS) is 1. The number of hydrogen-bond acceptors (Lipinski definition) is 7. The molecule has 0 saturated heterocycles. The SMILES string of the molecule is N#CCCCCN(OCc1ccccc1)C(=O)CCC(=O)NCCCCCN(OCc1ccccc1)C(=O)CCC(=O)O. The lowest BCUT2D eigenvalue weighted by Crippen LogP contribution is -2.33. The van der Waals surface area contributed by atoms with Crippen LogP contribution in [0.3, 0.4) is 0 Å². The molecule has 0 bridgehead atoms. The molecule has 2 rings (SSSR count). The van der Waals surface area contributed by atoms with Crippen molar-refractivity contribution in [2.75, 3.05) is 19.6 Å². The number of nitrogens with one attached hydrogen (secondary N) is 1. The van der Waals surface area contributed by atoms with Crippen molar-refractivity contribution in [1.29, 1.82) is 5.26 Å². The van der Waals surface area contributed by atoms with Gasteiger partial charge in [-0.2, -0.15) is 5.26 Å². The summed E-state index contributed by atoms with van der Waals surface area (Å²) >= 11 is 0. The Labute approximate surface area is 253 Å². The van der Waals surface area contributed by atoms with E-state index in [9.17, 15) is 19.2 Å². The highest BCUT2D eigenvalue weighted by atomic mass is 16.7. The van der Waals surface area contributed by atoms with Crippen LogP contribution in [0, 0.1) is 11.3 Å². The molecule has 43 heavy (non-hydrogen) atoms. The third-order valence-corrected chi connectivity index (χ3v) is 6.39. The van der Waals surface area contributed by atoms with Crippen LogP contribution < -0.4 is 5.32 Å². The maximum Gasteiger partial charge on any atom is 0.303 e. The molecular formula is C32H42N4O7. The van der Waals surface area contributed by atoms with E-state index >= 15 is 0 Å². The molecule has 0 atom stereocenters. The van der Waals surface area contributed by atoms with Crippen LogP contribution in [0.25, 0.3) is 0 Å². The van der Waals surface area contributed by atoms with Crippen molar-refractivity contribution >= 4 is 23.7 Å². The van der Waals surface area contributed by atoms with E-state index in [0.717, 1.165) is 11.1 Å². The zero-order valence-corrected chi connectivity index (χ0v) is 24.6. The van der Waals surface area contributed by atoms with Gasteiger partial charge in [0, 0.05) is 45.3 Å². The Bertz CT molecular complexity index is 1160. The largest absolute Gasteiger partial charge is 0.481 e. The Morgan fingerprint density at radius 2 is 1.21 bits per heavy atom. The lowest BCUT2D eigenvalue weighted by atomic mass is 10.2. The topological polar surface area (TPSA) is 149 Å². The van der Waals surface area contributed by atoms with Gasteiger partial charge in [0.05, 0.1) is 12.5 Å². The van der Waals surface area contributed by atoms with Crippen LogP contribution in [-0.4, -0.2) is 58.6 Å². The van der Waals surface area contributed by atoms with Gasteiger partial charge in [0.1, 0.15) is 13.2 Å². The third kappa shape index (κ3) is 16.1. The van der Waals surface area contributed by atoms with Crippen LogP contribution in [0.1, 0.15) is 75.3 Å². The monoisotopic (exact) mass is 594 g/mol.